The second kappa shape index (κ2) is 5.12. The lowest BCUT2D eigenvalue weighted by Gasteiger charge is -2.16. The van der Waals surface area contributed by atoms with Gasteiger partial charge in [-0.15, -0.1) is 22.9 Å². The van der Waals surface area contributed by atoms with Crippen molar-refractivity contribution in [1.29, 1.82) is 0 Å². The molecule has 2 atom stereocenters. The molecule has 3 nitrogen and oxygen atoms in total. The molecule has 2 unspecified atom stereocenters. The van der Waals surface area contributed by atoms with Gasteiger partial charge < -0.3 is 0 Å². The van der Waals surface area contributed by atoms with Gasteiger partial charge in [-0.2, -0.15) is 0 Å². The zero-order valence-corrected chi connectivity index (χ0v) is 13.2. The van der Waals surface area contributed by atoms with Crippen molar-refractivity contribution in [3.05, 3.63) is 15.8 Å². The van der Waals surface area contributed by atoms with Gasteiger partial charge in [0.15, 0.2) is 0 Å². The Bertz CT molecular complexity index is 538. The summed E-state index contributed by atoms with van der Waals surface area (Å²) in [6.07, 6.45) is 1.13. The van der Waals surface area contributed by atoms with Crippen LogP contribution in [0.2, 0.25) is 0 Å². The first-order valence-corrected chi connectivity index (χ1v) is 8.77. The van der Waals surface area contributed by atoms with Crippen molar-refractivity contribution in [2.45, 2.75) is 31.0 Å². The third kappa shape index (κ3) is 2.74. The summed E-state index contributed by atoms with van der Waals surface area (Å²) in [6.45, 7) is 4.61. The molecule has 1 aliphatic rings. The van der Waals surface area contributed by atoms with E-state index >= 15 is 0 Å². The summed E-state index contributed by atoms with van der Waals surface area (Å²) >= 11 is 7.21. The molecule has 102 valence electrons. The van der Waals surface area contributed by atoms with Crippen LogP contribution in [0.25, 0.3) is 0 Å². The first kappa shape index (κ1) is 14.3. The van der Waals surface area contributed by atoms with Gasteiger partial charge in [0.05, 0.1) is 10.8 Å². The van der Waals surface area contributed by atoms with E-state index in [1.165, 1.54) is 15.6 Å². The summed E-state index contributed by atoms with van der Waals surface area (Å²) in [5, 5.41) is 0. The molecule has 0 saturated heterocycles. The molecule has 1 heterocycles. The maximum Gasteiger partial charge on any atom is 0.243 e. The molecule has 0 aromatic carbocycles. The molecule has 1 aromatic heterocycles. The van der Waals surface area contributed by atoms with Crippen LogP contribution in [-0.2, 0) is 15.9 Å². The number of alkyl halides is 1. The second-order valence-corrected chi connectivity index (χ2v) is 8.65. The summed E-state index contributed by atoms with van der Waals surface area (Å²) in [7, 11) is -1.69. The van der Waals surface area contributed by atoms with Gasteiger partial charge in [-0.25, -0.2) is 12.7 Å². The molecule has 0 aliphatic heterocycles. The smallest absolute Gasteiger partial charge is 0.207 e. The van der Waals surface area contributed by atoms with E-state index in [1.807, 2.05) is 6.92 Å². The number of thiophene rings is 1. The normalized spacial score (nSPS) is 23.6. The number of aryl methyl sites for hydroxylation is 1. The molecule has 6 heteroatoms. The summed E-state index contributed by atoms with van der Waals surface area (Å²) in [4.78, 5) is 2.14. The zero-order valence-electron chi connectivity index (χ0n) is 10.8. The van der Waals surface area contributed by atoms with Crippen molar-refractivity contribution in [1.82, 2.24) is 4.31 Å². The lowest BCUT2D eigenvalue weighted by Crippen LogP contribution is -2.29. The van der Waals surface area contributed by atoms with Gasteiger partial charge in [0.25, 0.3) is 0 Å². The highest BCUT2D eigenvalue weighted by Crippen LogP contribution is 2.39. The molecular weight excluding hydrogens is 290 g/mol. The van der Waals surface area contributed by atoms with Crippen molar-refractivity contribution < 1.29 is 8.42 Å². The average Bonchev–Trinajstić information content (AvgIpc) is 2.85. The highest BCUT2D eigenvalue weighted by molar-refractivity contribution is 7.89. The van der Waals surface area contributed by atoms with Crippen molar-refractivity contribution in [3.63, 3.8) is 0 Å². The van der Waals surface area contributed by atoms with Gasteiger partial charge in [0.2, 0.25) is 10.0 Å². The molecular formula is C12H18ClNO2S2. The Morgan fingerprint density at radius 2 is 2.17 bits per heavy atom. The van der Waals surface area contributed by atoms with E-state index in [0.717, 1.165) is 16.2 Å². The van der Waals surface area contributed by atoms with E-state index in [0.29, 0.717) is 29.2 Å². The van der Waals surface area contributed by atoms with Crippen molar-refractivity contribution in [3.8, 4) is 0 Å². The number of hydrogen-bond donors (Lipinski definition) is 0. The minimum atomic E-state index is -3.35. The second-order valence-electron chi connectivity index (χ2n) is 5.03. The molecule has 0 radical (unpaired) electrons. The molecule has 0 bridgehead atoms. The molecule has 0 N–H and O–H groups in total. The molecule has 2 rings (SSSR count). The van der Waals surface area contributed by atoms with E-state index in [2.05, 4.69) is 6.92 Å². The largest absolute Gasteiger partial charge is 0.243 e. The zero-order chi connectivity index (χ0) is 13.5. The molecule has 1 aliphatic carbocycles. The Kier molecular flexibility index (Phi) is 4.07. The number of rotatable bonds is 5. The van der Waals surface area contributed by atoms with Crippen molar-refractivity contribution >= 4 is 33.0 Å². The fraction of sp³-hybridized carbons (Fsp3) is 0.667. The summed E-state index contributed by atoms with van der Waals surface area (Å²) < 4.78 is 26.4. The maximum atomic E-state index is 12.4. The average molecular weight is 308 g/mol. The Morgan fingerprint density at radius 1 is 1.56 bits per heavy atom. The van der Waals surface area contributed by atoms with Crippen LogP contribution < -0.4 is 0 Å². The van der Waals surface area contributed by atoms with E-state index in [-0.39, 0.29) is 0 Å². The van der Waals surface area contributed by atoms with Crippen LogP contribution in [-0.4, -0.2) is 26.3 Å². The number of halogens is 1. The monoisotopic (exact) mass is 307 g/mol. The topological polar surface area (TPSA) is 37.4 Å². The van der Waals surface area contributed by atoms with Gasteiger partial charge in [-0.05, 0) is 31.2 Å². The van der Waals surface area contributed by atoms with E-state index in [1.54, 1.807) is 13.1 Å². The standard InChI is InChI=1S/C12H18ClNO2S2/c1-8-4-10(8)7-14(3)18(15,16)12-5-11(6-13)17-9(12)2/h5,8,10H,4,6-7H2,1-3H3. The summed E-state index contributed by atoms with van der Waals surface area (Å²) in [6, 6.07) is 1.70. The van der Waals surface area contributed by atoms with Crippen LogP contribution in [0.5, 0.6) is 0 Å². The highest BCUT2D eigenvalue weighted by Gasteiger charge is 2.36. The maximum absolute atomic E-state index is 12.4. The quantitative estimate of drug-likeness (QED) is 0.784. The predicted octanol–water partition coefficient (Wildman–Crippen LogP) is 3.07. The van der Waals surface area contributed by atoms with Crippen LogP contribution in [0.4, 0.5) is 0 Å². The molecule has 18 heavy (non-hydrogen) atoms. The summed E-state index contributed by atoms with van der Waals surface area (Å²) in [5.74, 6) is 1.55. The van der Waals surface area contributed by atoms with Crippen LogP contribution in [0.15, 0.2) is 11.0 Å². The minimum absolute atomic E-state index is 0.365. The molecule has 1 saturated carbocycles. The van der Waals surface area contributed by atoms with Gasteiger partial charge in [0.1, 0.15) is 0 Å². The molecule has 1 aromatic rings. The van der Waals surface area contributed by atoms with Crippen LogP contribution in [0, 0.1) is 18.8 Å². The van der Waals surface area contributed by atoms with Crippen molar-refractivity contribution in [2.75, 3.05) is 13.6 Å². The molecule has 0 amide bonds. The van der Waals surface area contributed by atoms with E-state index < -0.39 is 10.0 Å². The Hall–Kier alpha value is -0.100. The Morgan fingerprint density at radius 3 is 2.61 bits per heavy atom. The highest BCUT2D eigenvalue weighted by atomic mass is 35.5. The third-order valence-corrected chi connectivity index (χ3v) is 7.09. The fourth-order valence-corrected chi connectivity index (χ4v) is 5.01. The first-order valence-electron chi connectivity index (χ1n) is 5.98. The Balaban J connectivity index is 2.20. The van der Waals surface area contributed by atoms with Gasteiger partial charge in [-0.1, -0.05) is 6.92 Å². The number of nitrogens with zero attached hydrogens (tertiary/aromatic N) is 1. The lowest BCUT2D eigenvalue weighted by atomic mass is 10.3. The van der Waals surface area contributed by atoms with Crippen molar-refractivity contribution in [2.24, 2.45) is 11.8 Å². The number of hydrogen-bond acceptors (Lipinski definition) is 3. The third-order valence-electron chi connectivity index (χ3n) is 3.51. The summed E-state index contributed by atoms with van der Waals surface area (Å²) in [5.41, 5.74) is 0. The number of sulfonamides is 1. The van der Waals surface area contributed by atoms with Crippen LogP contribution in [0.3, 0.4) is 0 Å². The van der Waals surface area contributed by atoms with E-state index in [9.17, 15) is 8.42 Å². The fourth-order valence-electron chi connectivity index (χ4n) is 2.10. The van der Waals surface area contributed by atoms with E-state index in [4.69, 9.17) is 11.6 Å². The van der Waals surface area contributed by atoms with Crippen LogP contribution >= 0.6 is 22.9 Å². The predicted molar refractivity (Wildman–Crippen MR) is 75.7 cm³/mol. The van der Waals surface area contributed by atoms with Gasteiger partial charge >= 0.3 is 0 Å². The Labute approximate surface area is 118 Å². The van der Waals surface area contributed by atoms with Crippen LogP contribution in [0.1, 0.15) is 23.1 Å². The molecule has 0 spiro atoms. The lowest BCUT2D eigenvalue weighted by molar-refractivity contribution is 0.444. The molecule has 1 fully saturated rings. The SMILES string of the molecule is Cc1sc(CCl)cc1S(=O)(=O)N(C)CC1CC1C. The van der Waals surface area contributed by atoms with Gasteiger partial charge in [-0.3, -0.25) is 0 Å². The minimum Gasteiger partial charge on any atom is -0.207 e. The first-order chi connectivity index (χ1) is 8.36. The van der Waals surface area contributed by atoms with Gasteiger partial charge in [0, 0.05) is 23.3 Å².